The highest BCUT2D eigenvalue weighted by molar-refractivity contribution is 7.09. The molecule has 1 amide bonds. The van der Waals surface area contributed by atoms with Crippen molar-refractivity contribution in [2.75, 3.05) is 14.1 Å². The number of carbonyl (C=O) groups excluding carboxylic acids is 1. The van der Waals surface area contributed by atoms with Gasteiger partial charge >= 0.3 is 0 Å². The molecule has 0 unspecified atom stereocenters. The van der Waals surface area contributed by atoms with E-state index in [0.29, 0.717) is 5.69 Å². The molecule has 0 spiro atoms. The predicted octanol–water partition coefficient (Wildman–Crippen LogP) is 3.46. The second-order valence-corrected chi connectivity index (χ2v) is 3.62. The van der Waals surface area contributed by atoms with Crippen molar-refractivity contribution in [2.45, 2.75) is 41.0 Å². The fourth-order valence-corrected chi connectivity index (χ4v) is 1.52. The number of hydrogen-bond acceptors (Lipinski definition) is 3. The van der Waals surface area contributed by atoms with Gasteiger partial charge in [0.1, 0.15) is 5.69 Å². The Hall–Kier alpha value is -0.900. The van der Waals surface area contributed by atoms with E-state index in [9.17, 15) is 4.79 Å². The van der Waals surface area contributed by atoms with E-state index in [0.717, 1.165) is 11.4 Å². The van der Waals surface area contributed by atoms with Crippen LogP contribution in [0.2, 0.25) is 0 Å². The van der Waals surface area contributed by atoms with Crippen molar-refractivity contribution in [3.05, 3.63) is 16.1 Å². The third-order valence-corrected chi connectivity index (χ3v) is 2.47. The summed E-state index contributed by atoms with van der Waals surface area (Å²) in [7, 11) is 3.46. The Balaban J connectivity index is 0. The molecule has 0 aliphatic carbocycles. The van der Waals surface area contributed by atoms with Gasteiger partial charge in [0.2, 0.25) is 0 Å². The van der Waals surface area contributed by atoms with Crippen LogP contribution < -0.4 is 0 Å². The zero-order valence-electron chi connectivity index (χ0n) is 11.5. The molecule has 0 fully saturated rings. The van der Waals surface area contributed by atoms with Gasteiger partial charge < -0.3 is 4.90 Å². The van der Waals surface area contributed by atoms with Gasteiger partial charge in [0.25, 0.3) is 5.91 Å². The van der Waals surface area contributed by atoms with E-state index in [2.05, 4.69) is 4.98 Å². The second kappa shape index (κ2) is 10.6. The van der Waals surface area contributed by atoms with Crippen molar-refractivity contribution in [3.63, 3.8) is 0 Å². The molecular formula is C12H24N2OS. The summed E-state index contributed by atoms with van der Waals surface area (Å²) in [5, 5.41) is 2.82. The molecule has 0 saturated heterocycles. The lowest BCUT2D eigenvalue weighted by molar-refractivity contribution is 0.0822. The van der Waals surface area contributed by atoms with Crippen LogP contribution in [0, 0.1) is 0 Å². The Kier molecular flexibility index (Phi) is 11.6. The van der Waals surface area contributed by atoms with Crippen LogP contribution in [-0.2, 0) is 6.42 Å². The summed E-state index contributed by atoms with van der Waals surface area (Å²) in [6, 6.07) is 0. The Morgan fingerprint density at radius 2 is 1.81 bits per heavy atom. The minimum atomic E-state index is -0.0223. The molecule has 0 aliphatic heterocycles. The highest BCUT2D eigenvalue weighted by Crippen LogP contribution is 2.10. The smallest absolute Gasteiger partial charge is 0.272 e. The van der Waals surface area contributed by atoms with Gasteiger partial charge in [-0.15, -0.1) is 11.3 Å². The largest absolute Gasteiger partial charge is 0.343 e. The van der Waals surface area contributed by atoms with Gasteiger partial charge in [-0.1, -0.05) is 34.6 Å². The minimum Gasteiger partial charge on any atom is -0.343 e. The van der Waals surface area contributed by atoms with Crippen LogP contribution in [0.4, 0.5) is 0 Å². The Labute approximate surface area is 104 Å². The summed E-state index contributed by atoms with van der Waals surface area (Å²) in [6.07, 6.45) is 0.894. The first-order valence-electron chi connectivity index (χ1n) is 5.81. The molecule has 0 radical (unpaired) electrons. The fourth-order valence-electron chi connectivity index (χ4n) is 0.801. The van der Waals surface area contributed by atoms with Crippen molar-refractivity contribution in [1.82, 2.24) is 9.88 Å². The van der Waals surface area contributed by atoms with Crippen LogP contribution in [0.5, 0.6) is 0 Å². The molecule has 0 aromatic carbocycles. The van der Waals surface area contributed by atoms with E-state index >= 15 is 0 Å². The molecule has 0 atom stereocenters. The molecule has 1 aromatic heterocycles. The number of hydrogen-bond donors (Lipinski definition) is 0. The minimum absolute atomic E-state index is 0.0223. The summed E-state index contributed by atoms with van der Waals surface area (Å²) >= 11 is 1.54. The lowest BCUT2D eigenvalue weighted by Crippen LogP contribution is -2.21. The van der Waals surface area contributed by atoms with Gasteiger partial charge in [-0.2, -0.15) is 0 Å². The number of thiazole rings is 1. The van der Waals surface area contributed by atoms with E-state index in [-0.39, 0.29) is 5.91 Å². The number of amides is 1. The first-order chi connectivity index (χ1) is 7.65. The van der Waals surface area contributed by atoms with Crippen molar-refractivity contribution >= 4 is 17.2 Å². The third-order valence-electron chi connectivity index (χ3n) is 1.48. The predicted molar refractivity (Wildman–Crippen MR) is 72.2 cm³/mol. The third kappa shape index (κ3) is 5.85. The van der Waals surface area contributed by atoms with E-state index in [1.54, 1.807) is 19.5 Å². The van der Waals surface area contributed by atoms with Crippen LogP contribution in [-0.4, -0.2) is 29.9 Å². The van der Waals surface area contributed by atoms with Gasteiger partial charge in [0.05, 0.1) is 5.01 Å². The zero-order chi connectivity index (χ0) is 13.1. The average molecular weight is 244 g/mol. The van der Waals surface area contributed by atoms with Gasteiger partial charge in [-0.25, -0.2) is 4.98 Å². The number of aromatic nitrogens is 1. The first-order valence-corrected chi connectivity index (χ1v) is 6.69. The molecule has 0 aliphatic rings. The first kappa shape index (κ1) is 17.5. The topological polar surface area (TPSA) is 33.2 Å². The molecule has 4 heteroatoms. The summed E-state index contributed by atoms with van der Waals surface area (Å²) in [6.45, 7) is 10.0. The zero-order valence-corrected chi connectivity index (χ0v) is 12.3. The van der Waals surface area contributed by atoms with Crippen LogP contribution in [0.3, 0.4) is 0 Å². The summed E-state index contributed by atoms with van der Waals surface area (Å²) in [4.78, 5) is 17.1. The van der Waals surface area contributed by atoms with Crippen LogP contribution in [0.25, 0.3) is 0 Å². The Bertz CT molecular complexity index is 282. The van der Waals surface area contributed by atoms with Gasteiger partial charge in [0, 0.05) is 19.5 Å². The van der Waals surface area contributed by atoms with Crippen LogP contribution in [0.15, 0.2) is 5.38 Å². The summed E-state index contributed by atoms with van der Waals surface area (Å²) < 4.78 is 0. The number of nitrogens with zero attached hydrogens (tertiary/aromatic N) is 2. The maximum atomic E-state index is 11.3. The molecule has 16 heavy (non-hydrogen) atoms. The SMILES string of the molecule is CC.CC.CCc1nc(C(=O)N(C)C)cs1. The Morgan fingerprint density at radius 1 is 1.31 bits per heavy atom. The van der Waals surface area contributed by atoms with Crippen molar-refractivity contribution in [1.29, 1.82) is 0 Å². The van der Waals surface area contributed by atoms with Gasteiger partial charge in [0.15, 0.2) is 0 Å². The fraction of sp³-hybridized carbons (Fsp3) is 0.667. The van der Waals surface area contributed by atoms with Gasteiger partial charge in [-0.05, 0) is 6.42 Å². The molecular weight excluding hydrogens is 220 g/mol. The molecule has 1 rings (SSSR count). The number of carbonyl (C=O) groups is 1. The molecule has 1 aromatic rings. The number of aryl methyl sites for hydroxylation is 1. The summed E-state index contributed by atoms with van der Waals surface area (Å²) in [5.74, 6) is -0.0223. The molecule has 0 bridgehead atoms. The lowest BCUT2D eigenvalue weighted by atomic mass is 10.4. The van der Waals surface area contributed by atoms with Crippen molar-refractivity contribution < 1.29 is 4.79 Å². The Morgan fingerprint density at radius 3 is 2.12 bits per heavy atom. The second-order valence-electron chi connectivity index (χ2n) is 2.68. The lowest BCUT2D eigenvalue weighted by Gasteiger charge is -2.06. The maximum absolute atomic E-state index is 11.3. The highest BCUT2D eigenvalue weighted by Gasteiger charge is 2.10. The summed E-state index contributed by atoms with van der Waals surface area (Å²) in [5.41, 5.74) is 0.557. The quantitative estimate of drug-likeness (QED) is 0.798. The van der Waals surface area contributed by atoms with Crippen molar-refractivity contribution in [3.8, 4) is 0 Å². The molecule has 94 valence electrons. The monoisotopic (exact) mass is 244 g/mol. The molecule has 0 N–H and O–H groups in total. The van der Waals surface area contributed by atoms with E-state index in [4.69, 9.17) is 0 Å². The van der Waals surface area contributed by atoms with E-state index in [1.807, 2.05) is 34.6 Å². The molecule has 3 nitrogen and oxygen atoms in total. The van der Waals surface area contributed by atoms with Crippen LogP contribution >= 0.6 is 11.3 Å². The van der Waals surface area contributed by atoms with Crippen LogP contribution in [0.1, 0.15) is 50.1 Å². The van der Waals surface area contributed by atoms with E-state index < -0.39 is 0 Å². The number of rotatable bonds is 2. The molecule has 1 heterocycles. The standard InChI is InChI=1S/C8H12N2OS.2C2H6/c1-4-7-9-6(5-12-7)8(11)10(2)3;2*1-2/h5H,4H2,1-3H3;2*1-2H3. The van der Waals surface area contributed by atoms with E-state index in [1.165, 1.54) is 16.2 Å². The normalized spacial score (nSPS) is 8.19. The molecule has 0 saturated carbocycles. The van der Waals surface area contributed by atoms with Crippen molar-refractivity contribution in [2.24, 2.45) is 0 Å². The average Bonchev–Trinajstić information content (AvgIpc) is 2.81. The van der Waals surface area contributed by atoms with Gasteiger partial charge in [-0.3, -0.25) is 4.79 Å². The highest BCUT2D eigenvalue weighted by atomic mass is 32.1. The maximum Gasteiger partial charge on any atom is 0.272 e.